The maximum absolute atomic E-state index is 13.0. The fourth-order valence-electron chi connectivity index (χ4n) is 4.20. The van der Waals surface area contributed by atoms with Gasteiger partial charge in [-0.2, -0.15) is 0 Å². The minimum absolute atomic E-state index is 0.302. The molecule has 5 amide bonds. The Hall–Kier alpha value is -2.90. The SMILES string of the molecule is CN1C(=O)N(CC(=O)Nc2ccccc2C(=O)NC(C)(C)C)C(=O)C12CCCCC2. The highest BCUT2D eigenvalue weighted by molar-refractivity contribution is 6.11. The zero-order valence-corrected chi connectivity index (χ0v) is 18.1. The molecule has 1 spiro atoms. The topological polar surface area (TPSA) is 98.8 Å². The number of amides is 5. The van der Waals surface area contributed by atoms with Gasteiger partial charge in [0, 0.05) is 12.6 Å². The van der Waals surface area contributed by atoms with Crippen LogP contribution in [0, 0.1) is 0 Å². The van der Waals surface area contributed by atoms with Crippen LogP contribution in [0.1, 0.15) is 63.2 Å². The molecule has 30 heavy (non-hydrogen) atoms. The maximum Gasteiger partial charge on any atom is 0.327 e. The van der Waals surface area contributed by atoms with Crippen LogP contribution in [0.4, 0.5) is 10.5 Å². The van der Waals surface area contributed by atoms with E-state index in [1.165, 1.54) is 4.90 Å². The fraction of sp³-hybridized carbons (Fsp3) is 0.545. The van der Waals surface area contributed by atoms with Crippen LogP contribution in [0.2, 0.25) is 0 Å². The lowest BCUT2D eigenvalue weighted by Gasteiger charge is -2.35. The van der Waals surface area contributed by atoms with Crippen molar-refractivity contribution >= 4 is 29.4 Å². The molecule has 1 saturated carbocycles. The number of carbonyl (C=O) groups is 4. The number of benzene rings is 1. The standard InChI is InChI=1S/C22H30N4O4/c1-21(2,3)24-18(28)15-10-6-7-11-16(15)23-17(27)14-26-19(29)22(25(4)20(26)30)12-8-5-9-13-22/h6-7,10-11H,5,8-9,12-14H2,1-4H3,(H,23,27)(H,24,28). The molecule has 1 aromatic carbocycles. The van der Waals surface area contributed by atoms with Gasteiger partial charge in [0.05, 0.1) is 11.3 Å². The summed E-state index contributed by atoms with van der Waals surface area (Å²) in [6.45, 7) is 5.23. The lowest BCUT2D eigenvalue weighted by atomic mass is 9.81. The predicted octanol–water partition coefficient (Wildman–Crippen LogP) is 2.75. The van der Waals surface area contributed by atoms with Crippen LogP contribution in [0.5, 0.6) is 0 Å². The molecule has 1 saturated heterocycles. The molecule has 8 nitrogen and oxygen atoms in total. The van der Waals surface area contributed by atoms with Crippen LogP contribution in [0.25, 0.3) is 0 Å². The molecule has 0 bridgehead atoms. The van der Waals surface area contributed by atoms with E-state index in [4.69, 9.17) is 0 Å². The second-order valence-electron chi connectivity index (χ2n) is 9.12. The first kappa shape index (κ1) is 21.8. The molecule has 1 aliphatic carbocycles. The van der Waals surface area contributed by atoms with Crippen LogP contribution in [-0.4, -0.2) is 58.2 Å². The van der Waals surface area contributed by atoms with Crippen molar-refractivity contribution in [3.05, 3.63) is 29.8 Å². The van der Waals surface area contributed by atoms with E-state index < -0.39 is 23.0 Å². The largest absolute Gasteiger partial charge is 0.347 e. The summed E-state index contributed by atoms with van der Waals surface area (Å²) in [7, 11) is 1.63. The highest BCUT2D eigenvalue weighted by Crippen LogP contribution is 2.39. The summed E-state index contributed by atoms with van der Waals surface area (Å²) < 4.78 is 0. The molecule has 1 aliphatic heterocycles. The van der Waals surface area contributed by atoms with Gasteiger partial charge in [-0.05, 0) is 45.7 Å². The van der Waals surface area contributed by atoms with Gasteiger partial charge in [-0.1, -0.05) is 31.4 Å². The minimum Gasteiger partial charge on any atom is -0.347 e. The number of hydrogen-bond donors (Lipinski definition) is 2. The van der Waals surface area contributed by atoms with E-state index in [1.54, 1.807) is 31.3 Å². The van der Waals surface area contributed by atoms with Crippen molar-refractivity contribution in [2.24, 2.45) is 0 Å². The quantitative estimate of drug-likeness (QED) is 0.740. The second-order valence-corrected chi connectivity index (χ2v) is 9.12. The van der Waals surface area contributed by atoms with Gasteiger partial charge >= 0.3 is 6.03 Å². The van der Waals surface area contributed by atoms with Crippen LogP contribution in [0.3, 0.4) is 0 Å². The first-order chi connectivity index (χ1) is 14.0. The molecule has 3 rings (SSSR count). The van der Waals surface area contributed by atoms with E-state index in [9.17, 15) is 19.2 Å². The molecule has 162 valence electrons. The maximum atomic E-state index is 13.0. The summed E-state index contributed by atoms with van der Waals surface area (Å²) in [5, 5.41) is 5.55. The summed E-state index contributed by atoms with van der Waals surface area (Å²) >= 11 is 0. The third-order valence-corrected chi connectivity index (χ3v) is 5.72. The molecule has 2 N–H and O–H groups in total. The van der Waals surface area contributed by atoms with Gasteiger partial charge < -0.3 is 15.5 Å². The molecule has 2 aliphatic rings. The Balaban J connectivity index is 1.73. The zero-order valence-electron chi connectivity index (χ0n) is 18.1. The van der Waals surface area contributed by atoms with Gasteiger partial charge in [0.15, 0.2) is 0 Å². The Kier molecular flexibility index (Phi) is 5.87. The van der Waals surface area contributed by atoms with E-state index in [0.717, 1.165) is 24.2 Å². The molecule has 1 aromatic rings. The number of carbonyl (C=O) groups excluding carboxylic acids is 4. The Morgan fingerprint density at radius 3 is 2.33 bits per heavy atom. The summed E-state index contributed by atoms with van der Waals surface area (Å²) in [6, 6.07) is 6.21. The van der Waals surface area contributed by atoms with E-state index in [0.29, 0.717) is 24.1 Å². The molecule has 2 fully saturated rings. The molecule has 0 unspecified atom stereocenters. The van der Waals surface area contributed by atoms with Crippen LogP contribution in [-0.2, 0) is 9.59 Å². The van der Waals surface area contributed by atoms with Gasteiger partial charge in [-0.3, -0.25) is 19.3 Å². The summed E-state index contributed by atoms with van der Waals surface area (Å²) in [6.07, 6.45) is 4.08. The Morgan fingerprint density at radius 2 is 1.70 bits per heavy atom. The van der Waals surface area contributed by atoms with E-state index in [2.05, 4.69) is 10.6 Å². The normalized spacial score (nSPS) is 18.7. The average Bonchev–Trinajstić information content (AvgIpc) is 2.84. The van der Waals surface area contributed by atoms with E-state index in [-0.39, 0.29) is 18.4 Å². The number of urea groups is 1. The Morgan fingerprint density at radius 1 is 1.07 bits per heavy atom. The molecular formula is C22H30N4O4. The number of nitrogens with one attached hydrogen (secondary N) is 2. The first-order valence-electron chi connectivity index (χ1n) is 10.4. The Bertz CT molecular complexity index is 868. The summed E-state index contributed by atoms with van der Waals surface area (Å²) in [5.41, 5.74) is -0.591. The van der Waals surface area contributed by atoms with Gasteiger partial charge in [0.1, 0.15) is 12.1 Å². The van der Waals surface area contributed by atoms with Crippen LogP contribution in [0.15, 0.2) is 24.3 Å². The lowest BCUT2D eigenvalue weighted by Crippen LogP contribution is -2.49. The number of hydrogen-bond acceptors (Lipinski definition) is 4. The van der Waals surface area contributed by atoms with Crippen LogP contribution >= 0.6 is 0 Å². The van der Waals surface area contributed by atoms with Crippen molar-refractivity contribution in [1.29, 1.82) is 0 Å². The number of likely N-dealkylation sites (N-methyl/N-ethyl adjacent to an activating group) is 1. The van der Waals surface area contributed by atoms with Crippen molar-refractivity contribution in [3.8, 4) is 0 Å². The molecule has 0 atom stereocenters. The van der Waals surface area contributed by atoms with Crippen molar-refractivity contribution < 1.29 is 19.2 Å². The first-order valence-corrected chi connectivity index (χ1v) is 10.4. The molecule has 0 aromatic heterocycles. The number of imide groups is 1. The lowest BCUT2D eigenvalue weighted by molar-refractivity contribution is -0.136. The number of anilines is 1. The van der Waals surface area contributed by atoms with E-state index >= 15 is 0 Å². The van der Waals surface area contributed by atoms with Crippen molar-refractivity contribution in [1.82, 2.24) is 15.1 Å². The summed E-state index contributed by atoms with van der Waals surface area (Å²) in [5.74, 6) is -1.13. The molecule has 0 radical (unpaired) electrons. The molecule has 1 heterocycles. The smallest absolute Gasteiger partial charge is 0.327 e. The monoisotopic (exact) mass is 414 g/mol. The third-order valence-electron chi connectivity index (χ3n) is 5.72. The van der Waals surface area contributed by atoms with Crippen molar-refractivity contribution in [2.45, 2.75) is 64.0 Å². The van der Waals surface area contributed by atoms with E-state index in [1.807, 2.05) is 20.8 Å². The summed E-state index contributed by atoms with van der Waals surface area (Å²) in [4.78, 5) is 53.5. The number of rotatable bonds is 4. The predicted molar refractivity (Wildman–Crippen MR) is 113 cm³/mol. The molecular weight excluding hydrogens is 384 g/mol. The van der Waals surface area contributed by atoms with Gasteiger partial charge in [0.2, 0.25) is 5.91 Å². The highest BCUT2D eigenvalue weighted by atomic mass is 16.2. The minimum atomic E-state index is -0.819. The number of para-hydroxylation sites is 1. The third kappa shape index (κ3) is 4.17. The molecule has 8 heteroatoms. The second kappa shape index (κ2) is 8.08. The fourth-order valence-corrected chi connectivity index (χ4v) is 4.20. The highest BCUT2D eigenvalue weighted by Gasteiger charge is 2.55. The van der Waals surface area contributed by atoms with Crippen molar-refractivity contribution in [2.75, 3.05) is 18.9 Å². The average molecular weight is 415 g/mol. The zero-order chi connectivity index (χ0) is 22.1. The van der Waals surface area contributed by atoms with Gasteiger partial charge in [-0.25, -0.2) is 4.79 Å². The van der Waals surface area contributed by atoms with Gasteiger partial charge in [0.25, 0.3) is 11.8 Å². The van der Waals surface area contributed by atoms with Gasteiger partial charge in [-0.15, -0.1) is 0 Å². The number of nitrogens with zero attached hydrogens (tertiary/aromatic N) is 2. The van der Waals surface area contributed by atoms with Crippen LogP contribution < -0.4 is 10.6 Å². The van der Waals surface area contributed by atoms with Crippen molar-refractivity contribution in [3.63, 3.8) is 0 Å². The Labute approximate surface area is 177 Å².